The minimum atomic E-state index is 0.00651. The van der Waals surface area contributed by atoms with Crippen molar-refractivity contribution >= 4 is 5.91 Å². The summed E-state index contributed by atoms with van der Waals surface area (Å²) >= 11 is 0. The molecule has 0 bridgehead atoms. The van der Waals surface area contributed by atoms with Crippen molar-refractivity contribution in [1.29, 1.82) is 0 Å². The Bertz CT molecular complexity index is 374. The zero-order valence-corrected chi connectivity index (χ0v) is 8.08. The number of fused-ring (bicyclic) bond motifs is 1. The Morgan fingerprint density at radius 2 is 2.14 bits per heavy atom. The third-order valence-electron chi connectivity index (χ3n) is 2.53. The van der Waals surface area contributed by atoms with Crippen LogP contribution in [0.15, 0.2) is 18.2 Å². The lowest BCUT2D eigenvalue weighted by Crippen LogP contribution is -2.33. The smallest absolute Gasteiger partial charge is 0.217 e. The number of hydrogen-bond donors (Lipinski definition) is 2. The number of phenolic OH excluding ortho intramolecular Hbond substituents is 1. The van der Waals surface area contributed by atoms with Gasteiger partial charge in [0.25, 0.3) is 0 Å². The second kappa shape index (κ2) is 3.33. The summed E-state index contributed by atoms with van der Waals surface area (Å²) in [5.74, 6) is 0.305. The van der Waals surface area contributed by atoms with Crippen molar-refractivity contribution in [3.8, 4) is 5.75 Å². The largest absolute Gasteiger partial charge is 0.508 e. The quantitative estimate of drug-likeness (QED) is 0.695. The highest BCUT2D eigenvalue weighted by Crippen LogP contribution is 2.25. The predicted molar refractivity (Wildman–Crippen MR) is 53.1 cm³/mol. The van der Waals surface area contributed by atoms with Crippen molar-refractivity contribution in [2.45, 2.75) is 25.8 Å². The van der Waals surface area contributed by atoms with Crippen LogP contribution >= 0.6 is 0 Å². The summed E-state index contributed by atoms with van der Waals surface area (Å²) in [6.45, 7) is 1.53. The fourth-order valence-electron chi connectivity index (χ4n) is 1.99. The fraction of sp³-hybridized carbons (Fsp3) is 0.364. The Hall–Kier alpha value is -1.51. The van der Waals surface area contributed by atoms with Gasteiger partial charge >= 0.3 is 0 Å². The van der Waals surface area contributed by atoms with Gasteiger partial charge in [0.1, 0.15) is 5.75 Å². The van der Waals surface area contributed by atoms with Crippen LogP contribution in [0.2, 0.25) is 0 Å². The molecule has 1 atom stereocenters. The van der Waals surface area contributed by atoms with Crippen LogP contribution < -0.4 is 5.32 Å². The van der Waals surface area contributed by atoms with E-state index in [1.807, 2.05) is 6.07 Å². The van der Waals surface area contributed by atoms with Crippen molar-refractivity contribution in [3.63, 3.8) is 0 Å². The van der Waals surface area contributed by atoms with Gasteiger partial charge in [-0.05, 0) is 36.1 Å². The average Bonchev–Trinajstić information content (AvgIpc) is 2.44. The first-order valence-electron chi connectivity index (χ1n) is 4.73. The van der Waals surface area contributed by atoms with Crippen LogP contribution in [0.1, 0.15) is 18.1 Å². The molecular weight excluding hydrogens is 178 g/mol. The topological polar surface area (TPSA) is 49.3 Å². The van der Waals surface area contributed by atoms with Crippen molar-refractivity contribution in [2.75, 3.05) is 0 Å². The van der Waals surface area contributed by atoms with E-state index in [1.165, 1.54) is 12.5 Å². The molecule has 1 unspecified atom stereocenters. The minimum absolute atomic E-state index is 0.00651. The van der Waals surface area contributed by atoms with Crippen LogP contribution in [0.3, 0.4) is 0 Å². The van der Waals surface area contributed by atoms with Crippen LogP contribution in [0.25, 0.3) is 0 Å². The number of rotatable bonds is 1. The van der Waals surface area contributed by atoms with Crippen LogP contribution in [-0.4, -0.2) is 17.1 Å². The third-order valence-corrected chi connectivity index (χ3v) is 2.53. The van der Waals surface area contributed by atoms with Gasteiger partial charge in [-0.15, -0.1) is 0 Å². The van der Waals surface area contributed by atoms with E-state index in [4.69, 9.17) is 0 Å². The van der Waals surface area contributed by atoms with E-state index in [9.17, 15) is 9.90 Å². The second-order valence-electron chi connectivity index (χ2n) is 3.76. The van der Waals surface area contributed by atoms with Crippen molar-refractivity contribution < 1.29 is 9.90 Å². The molecule has 0 radical (unpaired) electrons. The van der Waals surface area contributed by atoms with Gasteiger partial charge in [0.15, 0.2) is 0 Å². The maximum atomic E-state index is 10.9. The highest BCUT2D eigenvalue weighted by atomic mass is 16.3. The first-order valence-corrected chi connectivity index (χ1v) is 4.73. The number of carbonyl (C=O) groups excluding carboxylic acids is 1. The van der Waals surface area contributed by atoms with Crippen molar-refractivity contribution in [2.24, 2.45) is 0 Å². The van der Waals surface area contributed by atoms with Gasteiger partial charge in [-0.25, -0.2) is 0 Å². The molecule has 0 heterocycles. The van der Waals surface area contributed by atoms with Crippen LogP contribution in [0, 0.1) is 0 Å². The molecule has 0 saturated heterocycles. The normalized spacial score (nSPS) is 19.1. The Labute approximate surface area is 82.8 Å². The number of benzene rings is 1. The first-order chi connectivity index (χ1) is 6.65. The Kier molecular flexibility index (Phi) is 2.15. The van der Waals surface area contributed by atoms with E-state index in [2.05, 4.69) is 5.32 Å². The molecule has 2 N–H and O–H groups in total. The lowest BCUT2D eigenvalue weighted by atomic mass is 10.1. The highest BCUT2D eigenvalue weighted by molar-refractivity contribution is 5.73. The molecule has 2 rings (SSSR count). The number of phenols is 1. The fourth-order valence-corrected chi connectivity index (χ4v) is 1.99. The van der Waals surface area contributed by atoms with Crippen LogP contribution in [0.5, 0.6) is 5.75 Å². The molecule has 74 valence electrons. The first kappa shape index (κ1) is 9.06. The molecule has 3 nitrogen and oxygen atoms in total. The maximum Gasteiger partial charge on any atom is 0.217 e. The van der Waals surface area contributed by atoms with Gasteiger partial charge in [0, 0.05) is 13.0 Å². The predicted octanol–water partition coefficient (Wildman–Crippen LogP) is 0.995. The maximum absolute atomic E-state index is 10.9. The second-order valence-corrected chi connectivity index (χ2v) is 3.76. The van der Waals surface area contributed by atoms with Gasteiger partial charge in [-0.1, -0.05) is 6.07 Å². The molecule has 1 amide bonds. The summed E-state index contributed by atoms with van der Waals surface area (Å²) in [5.41, 5.74) is 2.37. The monoisotopic (exact) mass is 191 g/mol. The lowest BCUT2D eigenvalue weighted by molar-refractivity contribution is -0.119. The third kappa shape index (κ3) is 1.71. The van der Waals surface area contributed by atoms with Gasteiger partial charge in [0.2, 0.25) is 5.91 Å². The van der Waals surface area contributed by atoms with E-state index in [0.717, 1.165) is 18.4 Å². The Morgan fingerprint density at radius 1 is 1.43 bits per heavy atom. The lowest BCUT2D eigenvalue weighted by Gasteiger charge is -2.08. The van der Waals surface area contributed by atoms with Gasteiger partial charge in [-0.3, -0.25) is 4.79 Å². The molecule has 3 heteroatoms. The van der Waals surface area contributed by atoms with Crippen molar-refractivity contribution in [1.82, 2.24) is 5.32 Å². The number of carbonyl (C=O) groups is 1. The summed E-state index contributed by atoms with van der Waals surface area (Å²) in [6.07, 6.45) is 1.69. The van der Waals surface area contributed by atoms with Crippen LogP contribution in [-0.2, 0) is 17.6 Å². The molecule has 1 aromatic carbocycles. The number of nitrogens with one attached hydrogen (secondary N) is 1. The molecule has 1 aliphatic rings. The van der Waals surface area contributed by atoms with Crippen LogP contribution in [0.4, 0.5) is 0 Å². The van der Waals surface area contributed by atoms with Gasteiger partial charge in [-0.2, -0.15) is 0 Å². The van der Waals surface area contributed by atoms with E-state index in [1.54, 1.807) is 12.1 Å². The number of amides is 1. The molecule has 0 aliphatic heterocycles. The van der Waals surface area contributed by atoms with Gasteiger partial charge < -0.3 is 10.4 Å². The van der Waals surface area contributed by atoms with Crippen molar-refractivity contribution in [3.05, 3.63) is 29.3 Å². The minimum Gasteiger partial charge on any atom is -0.508 e. The summed E-state index contributed by atoms with van der Waals surface area (Å²) in [5, 5.41) is 12.2. The summed E-state index contributed by atoms with van der Waals surface area (Å²) in [4.78, 5) is 10.9. The molecule has 0 fully saturated rings. The molecule has 0 aromatic heterocycles. The standard InChI is InChI=1S/C11H13NO2/c1-7(13)12-10-4-8-2-3-11(14)6-9(8)5-10/h2-3,6,10,14H,4-5H2,1H3,(H,12,13). The SMILES string of the molecule is CC(=O)NC1Cc2ccc(O)cc2C1. The number of hydrogen-bond acceptors (Lipinski definition) is 2. The number of aromatic hydroxyl groups is 1. The molecule has 0 saturated carbocycles. The Balaban J connectivity index is 2.14. The summed E-state index contributed by atoms with van der Waals surface area (Å²) in [7, 11) is 0. The molecule has 1 aromatic rings. The molecular formula is C11H13NO2. The summed E-state index contributed by atoms with van der Waals surface area (Å²) in [6, 6.07) is 5.59. The molecule has 1 aliphatic carbocycles. The molecule has 14 heavy (non-hydrogen) atoms. The van der Waals surface area contributed by atoms with E-state index >= 15 is 0 Å². The van der Waals surface area contributed by atoms with E-state index in [-0.39, 0.29) is 11.9 Å². The zero-order valence-electron chi connectivity index (χ0n) is 8.08. The highest BCUT2D eigenvalue weighted by Gasteiger charge is 2.21. The Morgan fingerprint density at radius 3 is 2.86 bits per heavy atom. The molecule has 0 spiro atoms. The van der Waals surface area contributed by atoms with E-state index in [0.29, 0.717) is 5.75 Å². The summed E-state index contributed by atoms with van der Waals surface area (Å²) < 4.78 is 0. The average molecular weight is 191 g/mol. The van der Waals surface area contributed by atoms with Gasteiger partial charge in [0.05, 0.1) is 0 Å². The van der Waals surface area contributed by atoms with E-state index < -0.39 is 0 Å². The zero-order chi connectivity index (χ0) is 10.1.